The van der Waals surface area contributed by atoms with Crippen LogP contribution >= 0.6 is 0 Å². The van der Waals surface area contributed by atoms with E-state index >= 15 is 0 Å². The van der Waals surface area contributed by atoms with Crippen LogP contribution in [0.2, 0.25) is 0 Å². The second kappa shape index (κ2) is 5.01. The third-order valence-corrected chi connectivity index (χ3v) is 2.68. The maximum Gasteiger partial charge on any atom is 0.319 e. The fraction of sp³-hybridized carbons (Fsp3) is 0.462. The lowest BCUT2D eigenvalue weighted by molar-refractivity contribution is 0.233. The highest BCUT2D eigenvalue weighted by Gasteiger charge is 2.21. The molecule has 0 saturated carbocycles. The standard InChI is InChI=1S/C13H20N2O/c1-10(13(2,3)4)14-12(16)15-11-8-6-5-7-9-11/h5-10H,1-4H3,(H2,14,15,16)/t10-/m0/s1. The van der Waals surface area contributed by atoms with E-state index in [9.17, 15) is 4.79 Å². The van der Waals surface area contributed by atoms with Gasteiger partial charge in [-0.05, 0) is 24.5 Å². The lowest BCUT2D eigenvalue weighted by Gasteiger charge is -2.28. The monoisotopic (exact) mass is 220 g/mol. The second-order valence-electron chi connectivity index (χ2n) is 5.05. The third kappa shape index (κ3) is 3.93. The zero-order valence-corrected chi connectivity index (χ0v) is 10.4. The summed E-state index contributed by atoms with van der Waals surface area (Å²) < 4.78 is 0. The molecule has 3 nitrogen and oxygen atoms in total. The minimum absolute atomic E-state index is 0.0635. The average molecular weight is 220 g/mol. The normalized spacial score (nSPS) is 13.0. The van der Waals surface area contributed by atoms with Gasteiger partial charge in [0.05, 0.1) is 0 Å². The zero-order valence-electron chi connectivity index (χ0n) is 10.4. The molecule has 1 aromatic rings. The Morgan fingerprint density at radius 1 is 1.19 bits per heavy atom. The summed E-state index contributed by atoms with van der Waals surface area (Å²) in [6.45, 7) is 8.30. The van der Waals surface area contributed by atoms with Gasteiger partial charge in [-0.3, -0.25) is 0 Å². The minimum Gasteiger partial charge on any atom is -0.335 e. The summed E-state index contributed by atoms with van der Waals surface area (Å²) in [5, 5.41) is 5.71. The summed E-state index contributed by atoms with van der Waals surface area (Å²) in [5.74, 6) is 0. The average Bonchev–Trinajstić information content (AvgIpc) is 2.17. The first kappa shape index (κ1) is 12.6. The number of amides is 2. The van der Waals surface area contributed by atoms with Gasteiger partial charge in [-0.15, -0.1) is 0 Å². The highest BCUT2D eigenvalue weighted by molar-refractivity contribution is 5.89. The number of carbonyl (C=O) groups excluding carboxylic acids is 1. The highest BCUT2D eigenvalue weighted by atomic mass is 16.2. The van der Waals surface area contributed by atoms with Gasteiger partial charge < -0.3 is 10.6 Å². The molecule has 2 N–H and O–H groups in total. The number of benzene rings is 1. The van der Waals surface area contributed by atoms with Crippen LogP contribution in [0.5, 0.6) is 0 Å². The lowest BCUT2D eigenvalue weighted by Crippen LogP contribution is -2.43. The van der Waals surface area contributed by atoms with Gasteiger partial charge in [-0.1, -0.05) is 39.0 Å². The number of urea groups is 1. The molecule has 0 aliphatic carbocycles. The van der Waals surface area contributed by atoms with Crippen LogP contribution in [0, 0.1) is 5.41 Å². The van der Waals surface area contributed by atoms with E-state index in [1.807, 2.05) is 37.3 Å². The number of rotatable bonds is 2. The van der Waals surface area contributed by atoms with E-state index in [2.05, 4.69) is 31.4 Å². The quantitative estimate of drug-likeness (QED) is 0.789. The topological polar surface area (TPSA) is 41.1 Å². The predicted molar refractivity (Wildman–Crippen MR) is 67.5 cm³/mol. The van der Waals surface area contributed by atoms with Crippen molar-refractivity contribution in [3.05, 3.63) is 30.3 Å². The van der Waals surface area contributed by atoms with Gasteiger partial charge >= 0.3 is 6.03 Å². The molecule has 0 radical (unpaired) electrons. The largest absolute Gasteiger partial charge is 0.335 e. The van der Waals surface area contributed by atoms with Crippen molar-refractivity contribution in [2.24, 2.45) is 5.41 Å². The van der Waals surface area contributed by atoms with Crippen LogP contribution in [0.15, 0.2) is 30.3 Å². The summed E-state index contributed by atoms with van der Waals surface area (Å²) >= 11 is 0. The van der Waals surface area contributed by atoms with E-state index in [1.165, 1.54) is 0 Å². The molecule has 3 heteroatoms. The van der Waals surface area contributed by atoms with Gasteiger partial charge in [0.15, 0.2) is 0 Å². The molecule has 1 aromatic carbocycles. The van der Waals surface area contributed by atoms with E-state index in [0.717, 1.165) is 5.69 Å². The molecule has 0 heterocycles. The molecular weight excluding hydrogens is 200 g/mol. The molecule has 0 aromatic heterocycles. The number of para-hydroxylation sites is 1. The molecule has 16 heavy (non-hydrogen) atoms. The van der Waals surface area contributed by atoms with Gasteiger partial charge in [0.25, 0.3) is 0 Å². The first-order valence-electron chi connectivity index (χ1n) is 5.52. The molecule has 1 atom stereocenters. The first-order chi connectivity index (χ1) is 7.39. The Kier molecular flexibility index (Phi) is 3.93. The Bertz CT molecular complexity index is 341. The number of carbonyl (C=O) groups is 1. The predicted octanol–water partition coefficient (Wildman–Crippen LogP) is 3.24. The summed E-state index contributed by atoms with van der Waals surface area (Å²) in [6, 6.07) is 9.39. The molecule has 0 fully saturated rings. The van der Waals surface area contributed by atoms with Crippen molar-refractivity contribution >= 4 is 11.7 Å². The summed E-state index contributed by atoms with van der Waals surface area (Å²) in [6.07, 6.45) is 0. The Balaban J connectivity index is 2.49. The molecule has 1 rings (SSSR count). The Labute approximate surface area is 97.2 Å². The maximum atomic E-state index is 11.6. The van der Waals surface area contributed by atoms with Gasteiger partial charge in [-0.25, -0.2) is 4.79 Å². The van der Waals surface area contributed by atoms with Crippen LogP contribution in [0.1, 0.15) is 27.7 Å². The molecule has 0 spiro atoms. The van der Waals surface area contributed by atoms with E-state index < -0.39 is 0 Å². The fourth-order valence-corrected chi connectivity index (χ4v) is 1.10. The molecular formula is C13H20N2O. The van der Waals surface area contributed by atoms with Crippen LogP contribution < -0.4 is 10.6 Å². The molecule has 0 aliphatic rings. The van der Waals surface area contributed by atoms with Crippen LogP contribution in [0.3, 0.4) is 0 Å². The van der Waals surface area contributed by atoms with Gasteiger partial charge in [0.2, 0.25) is 0 Å². The summed E-state index contributed by atoms with van der Waals surface area (Å²) in [5.41, 5.74) is 0.870. The number of hydrogen-bond donors (Lipinski definition) is 2. The van der Waals surface area contributed by atoms with E-state index in [-0.39, 0.29) is 17.5 Å². The SMILES string of the molecule is C[C@H](NC(=O)Nc1ccccc1)C(C)(C)C. The minimum atomic E-state index is -0.159. The first-order valence-corrected chi connectivity index (χ1v) is 5.52. The van der Waals surface area contributed by atoms with Crippen LogP contribution in [0.4, 0.5) is 10.5 Å². The molecule has 0 unspecified atom stereocenters. The van der Waals surface area contributed by atoms with Gasteiger partial charge in [0, 0.05) is 11.7 Å². The van der Waals surface area contributed by atoms with Gasteiger partial charge in [0.1, 0.15) is 0 Å². The van der Waals surface area contributed by atoms with Crippen molar-refractivity contribution in [2.75, 3.05) is 5.32 Å². The van der Waals surface area contributed by atoms with E-state index in [0.29, 0.717) is 0 Å². The van der Waals surface area contributed by atoms with Crippen molar-refractivity contribution in [1.29, 1.82) is 0 Å². The third-order valence-electron chi connectivity index (χ3n) is 2.68. The smallest absolute Gasteiger partial charge is 0.319 e. The maximum absolute atomic E-state index is 11.6. The number of hydrogen-bond acceptors (Lipinski definition) is 1. The van der Waals surface area contributed by atoms with E-state index in [4.69, 9.17) is 0 Å². The van der Waals surface area contributed by atoms with Crippen LogP contribution in [0.25, 0.3) is 0 Å². The van der Waals surface area contributed by atoms with Gasteiger partial charge in [-0.2, -0.15) is 0 Å². The molecule has 2 amide bonds. The molecule has 0 saturated heterocycles. The van der Waals surface area contributed by atoms with Crippen LogP contribution in [-0.4, -0.2) is 12.1 Å². The van der Waals surface area contributed by atoms with Crippen molar-refractivity contribution in [3.8, 4) is 0 Å². The van der Waals surface area contributed by atoms with Crippen molar-refractivity contribution in [2.45, 2.75) is 33.7 Å². The molecule has 0 aliphatic heterocycles. The van der Waals surface area contributed by atoms with Crippen molar-refractivity contribution in [1.82, 2.24) is 5.32 Å². The number of nitrogens with one attached hydrogen (secondary N) is 2. The Morgan fingerprint density at radius 2 is 1.75 bits per heavy atom. The van der Waals surface area contributed by atoms with Crippen molar-refractivity contribution < 1.29 is 4.79 Å². The van der Waals surface area contributed by atoms with Crippen LogP contribution in [-0.2, 0) is 0 Å². The van der Waals surface area contributed by atoms with Crippen molar-refractivity contribution in [3.63, 3.8) is 0 Å². The zero-order chi connectivity index (χ0) is 12.2. The summed E-state index contributed by atoms with van der Waals surface area (Å²) in [4.78, 5) is 11.6. The Morgan fingerprint density at radius 3 is 2.25 bits per heavy atom. The molecule has 88 valence electrons. The highest BCUT2D eigenvalue weighted by Crippen LogP contribution is 2.18. The lowest BCUT2D eigenvalue weighted by atomic mass is 9.88. The summed E-state index contributed by atoms with van der Waals surface area (Å²) in [7, 11) is 0. The fourth-order valence-electron chi connectivity index (χ4n) is 1.10. The van der Waals surface area contributed by atoms with E-state index in [1.54, 1.807) is 0 Å². The second-order valence-corrected chi connectivity index (χ2v) is 5.05. The molecule has 0 bridgehead atoms. The number of anilines is 1. The Hall–Kier alpha value is -1.51.